The number of nitrogens with one attached hydrogen (secondary N) is 1. The second-order valence-electron chi connectivity index (χ2n) is 1.93. The van der Waals surface area contributed by atoms with Gasteiger partial charge in [0, 0.05) is 11.3 Å². The molecule has 0 fully saturated rings. The fourth-order valence-electron chi connectivity index (χ4n) is 0.679. The van der Waals surface area contributed by atoms with Crippen LogP contribution in [-0.2, 0) is 11.3 Å². The van der Waals surface area contributed by atoms with Crippen molar-refractivity contribution in [1.82, 2.24) is 0 Å². The molecule has 1 rings (SSSR count). The first-order chi connectivity index (χ1) is 5.61. The molecule has 0 aliphatic heterocycles. The molecule has 1 atom stereocenters. The van der Waals surface area contributed by atoms with Gasteiger partial charge in [0.05, 0.1) is 0 Å². The summed E-state index contributed by atoms with van der Waals surface area (Å²) in [4.78, 5) is 0. The third-order valence-electron chi connectivity index (χ3n) is 1.15. The number of halogens is 2. The Kier molecular flexibility index (Phi) is 2.72. The minimum absolute atomic E-state index is 0.661. The lowest BCUT2D eigenvalue weighted by atomic mass is 10.3. The topological polar surface area (TPSA) is 52.2 Å². The van der Waals surface area contributed by atoms with E-state index in [2.05, 4.69) is 0 Å². The van der Waals surface area contributed by atoms with E-state index in [0.29, 0.717) is 0 Å². The zero-order valence-corrected chi connectivity index (χ0v) is 6.53. The molecule has 6 heteroatoms. The lowest BCUT2D eigenvalue weighted by Gasteiger charge is -2.09. The highest BCUT2D eigenvalue weighted by Crippen LogP contribution is 2.17. The molecule has 1 N–H and O–H groups in total. The molecular weight excluding hydrogens is 188 g/mol. The molecule has 66 valence electrons. The minimum atomic E-state index is -2.72. The highest BCUT2D eigenvalue weighted by Gasteiger charge is 2.06. The van der Waals surface area contributed by atoms with Gasteiger partial charge < -0.3 is 9.27 Å². The van der Waals surface area contributed by atoms with Crippen LogP contribution in [0.25, 0.3) is 0 Å². The Morgan fingerprint density at radius 2 is 1.83 bits per heavy atom. The summed E-state index contributed by atoms with van der Waals surface area (Å²) in [5.74, 6) is -1.89. The first-order valence-corrected chi connectivity index (χ1v) is 3.98. The van der Waals surface area contributed by atoms with Crippen LogP contribution < -0.4 is 4.72 Å². The van der Waals surface area contributed by atoms with Crippen molar-refractivity contribution in [2.24, 2.45) is 0 Å². The lowest BCUT2D eigenvalue weighted by molar-refractivity contribution is 0.539. The number of hydrogen-bond acceptors (Lipinski definition) is 2. The van der Waals surface area contributed by atoms with E-state index in [-0.39, 0.29) is 0 Å². The smallest absolute Gasteiger partial charge is 0.150 e. The first kappa shape index (κ1) is 9.08. The monoisotopic (exact) mass is 192 g/mol. The molecule has 0 aliphatic carbocycles. The van der Waals surface area contributed by atoms with Crippen LogP contribution in [0, 0.1) is 11.6 Å². The summed E-state index contributed by atoms with van der Waals surface area (Å²) in [6, 6.07) is 3.06. The molecule has 0 saturated heterocycles. The van der Waals surface area contributed by atoms with E-state index in [1.54, 1.807) is 4.72 Å². The zero-order valence-electron chi connectivity index (χ0n) is 5.71. The third-order valence-corrected chi connectivity index (χ3v) is 1.52. The van der Waals surface area contributed by atoms with Gasteiger partial charge in [0.2, 0.25) is 0 Å². The summed E-state index contributed by atoms with van der Waals surface area (Å²) < 4.78 is 46.9. The van der Waals surface area contributed by atoms with Crippen molar-refractivity contribution in [3.8, 4) is 0 Å². The first-order valence-electron chi connectivity index (χ1n) is 2.91. The Balaban J connectivity index is 3.04. The summed E-state index contributed by atoms with van der Waals surface area (Å²) >= 11 is -2.72. The van der Waals surface area contributed by atoms with Crippen LogP contribution in [0.2, 0.25) is 0 Å². The van der Waals surface area contributed by atoms with E-state index in [4.69, 9.17) is 0 Å². The molecule has 3 nitrogen and oxygen atoms in total. The van der Waals surface area contributed by atoms with Gasteiger partial charge >= 0.3 is 0 Å². The van der Waals surface area contributed by atoms with E-state index >= 15 is 0 Å². The van der Waals surface area contributed by atoms with Crippen LogP contribution in [0.4, 0.5) is 14.5 Å². The molecule has 0 spiro atoms. The van der Waals surface area contributed by atoms with Gasteiger partial charge in [-0.15, -0.1) is 0 Å². The molecule has 0 heterocycles. The summed E-state index contributed by atoms with van der Waals surface area (Å²) in [6.07, 6.45) is 0. The van der Waals surface area contributed by atoms with E-state index in [9.17, 15) is 17.5 Å². The SMILES string of the molecule is O=S([O-])Nc1c(F)cccc1F. The van der Waals surface area contributed by atoms with Crippen LogP contribution in [0.5, 0.6) is 0 Å². The quantitative estimate of drug-likeness (QED) is 0.715. The van der Waals surface area contributed by atoms with Crippen LogP contribution in [0.15, 0.2) is 18.2 Å². The van der Waals surface area contributed by atoms with Crippen molar-refractivity contribution >= 4 is 17.0 Å². The van der Waals surface area contributed by atoms with Gasteiger partial charge in [0.25, 0.3) is 0 Å². The van der Waals surface area contributed by atoms with Gasteiger partial charge in [0.1, 0.15) is 17.3 Å². The fourth-order valence-corrected chi connectivity index (χ4v) is 1.04. The molecular formula is C6H4F2NO2S-. The van der Waals surface area contributed by atoms with Gasteiger partial charge in [-0.2, -0.15) is 0 Å². The van der Waals surface area contributed by atoms with Crippen molar-refractivity contribution in [2.45, 2.75) is 0 Å². The highest BCUT2D eigenvalue weighted by atomic mass is 32.2. The van der Waals surface area contributed by atoms with Crippen LogP contribution in [-0.4, -0.2) is 8.76 Å². The molecule has 1 aromatic carbocycles. The number of benzene rings is 1. The Hall–Kier alpha value is -1.01. The Morgan fingerprint density at radius 1 is 1.33 bits per heavy atom. The van der Waals surface area contributed by atoms with Crippen LogP contribution in [0.3, 0.4) is 0 Å². The second kappa shape index (κ2) is 3.59. The van der Waals surface area contributed by atoms with Crippen LogP contribution >= 0.6 is 0 Å². The fraction of sp³-hybridized carbons (Fsp3) is 0. The average Bonchev–Trinajstić information content (AvgIpc) is 1.97. The standard InChI is InChI=1S/C6H5F2NO2S/c7-4-2-1-3-5(8)6(4)9-12(10)11/h1-3,9H,(H,10,11)/p-1. The van der Waals surface area contributed by atoms with Crippen LogP contribution in [0.1, 0.15) is 0 Å². The molecule has 0 aliphatic rings. The summed E-state index contributed by atoms with van der Waals surface area (Å²) in [5.41, 5.74) is -0.661. The maximum Gasteiger partial charge on any atom is 0.150 e. The Bertz CT molecular complexity index is 298. The van der Waals surface area contributed by atoms with Crippen molar-refractivity contribution < 1.29 is 17.5 Å². The lowest BCUT2D eigenvalue weighted by Crippen LogP contribution is -2.06. The molecule has 0 amide bonds. The molecule has 0 bridgehead atoms. The van der Waals surface area contributed by atoms with E-state index < -0.39 is 28.6 Å². The van der Waals surface area contributed by atoms with Crippen molar-refractivity contribution in [3.05, 3.63) is 29.8 Å². The molecule has 0 radical (unpaired) electrons. The maximum atomic E-state index is 12.6. The summed E-state index contributed by atoms with van der Waals surface area (Å²) in [7, 11) is 0. The van der Waals surface area contributed by atoms with Crippen molar-refractivity contribution in [3.63, 3.8) is 0 Å². The van der Waals surface area contributed by atoms with Crippen molar-refractivity contribution in [1.29, 1.82) is 0 Å². The molecule has 0 saturated carbocycles. The van der Waals surface area contributed by atoms with Gasteiger partial charge in [0.15, 0.2) is 0 Å². The average molecular weight is 192 g/mol. The Morgan fingerprint density at radius 3 is 2.25 bits per heavy atom. The van der Waals surface area contributed by atoms with Crippen molar-refractivity contribution in [2.75, 3.05) is 4.72 Å². The largest absolute Gasteiger partial charge is 0.755 e. The predicted octanol–water partition coefficient (Wildman–Crippen LogP) is 1.17. The second-order valence-corrected chi connectivity index (χ2v) is 2.61. The van der Waals surface area contributed by atoms with Gasteiger partial charge in [-0.05, 0) is 12.1 Å². The predicted molar refractivity (Wildman–Crippen MR) is 38.9 cm³/mol. The minimum Gasteiger partial charge on any atom is -0.755 e. The normalized spacial score (nSPS) is 12.6. The zero-order chi connectivity index (χ0) is 9.14. The highest BCUT2D eigenvalue weighted by molar-refractivity contribution is 7.80. The molecule has 1 unspecified atom stereocenters. The van der Waals surface area contributed by atoms with Gasteiger partial charge in [-0.3, -0.25) is 4.21 Å². The number of para-hydroxylation sites is 1. The Labute approximate surface area is 69.8 Å². The van der Waals surface area contributed by atoms with E-state index in [0.717, 1.165) is 18.2 Å². The molecule has 0 aromatic heterocycles. The number of rotatable bonds is 2. The number of hydrogen-bond donors (Lipinski definition) is 1. The molecule has 1 aromatic rings. The summed E-state index contributed by atoms with van der Waals surface area (Å²) in [5, 5.41) is 0. The van der Waals surface area contributed by atoms with Gasteiger partial charge in [-0.1, -0.05) is 6.07 Å². The number of anilines is 1. The van der Waals surface area contributed by atoms with E-state index in [1.807, 2.05) is 0 Å². The third kappa shape index (κ3) is 1.99. The summed E-state index contributed by atoms with van der Waals surface area (Å²) in [6.45, 7) is 0. The van der Waals surface area contributed by atoms with Gasteiger partial charge in [-0.25, -0.2) is 8.78 Å². The maximum absolute atomic E-state index is 12.6. The molecule has 12 heavy (non-hydrogen) atoms. The van der Waals surface area contributed by atoms with E-state index in [1.165, 1.54) is 0 Å².